The minimum atomic E-state index is 0.388. The van der Waals surface area contributed by atoms with Gasteiger partial charge in [-0.2, -0.15) is 0 Å². The number of hydrogen-bond acceptors (Lipinski definition) is 1. The summed E-state index contributed by atoms with van der Waals surface area (Å²) in [4.78, 5) is 11.4. The van der Waals surface area contributed by atoms with Crippen LogP contribution in [0, 0.1) is 17.3 Å². The average molecular weight is 271 g/mol. The van der Waals surface area contributed by atoms with Crippen LogP contribution in [0.15, 0.2) is 0 Å². The van der Waals surface area contributed by atoms with E-state index >= 15 is 0 Å². The SMILES string of the molecule is CC(=O)CC12C[C@@H]3C[C@@H](CC(Br)(C3)C1)C2. The van der Waals surface area contributed by atoms with Crippen molar-refractivity contribution >= 4 is 21.7 Å². The van der Waals surface area contributed by atoms with Crippen LogP contribution < -0.4 is 0 Å². The highest BCUT2D eigenvalue weighted by Crippen LogP contribution is 2.65. The summed E-state index contributed by atoms with van der Waals surface area (Å²) >= 11 is 3.97. The lowest BCUT2D eigenvalue weighted by atomic mass is 9.48. The lowest BCUT2D eigenvalue weighted by Crippen LogP contribution is -2.53. The first kappa shape index (κ1) is 10.3. The van der Waals surface area contributed by atoms with Crippen LogP contribution in [-0.4, -0.2) is 10.1 Å². The summed E-state index contributed by atoms with van der Waals surface area (Å²) in [5, 5.41) is 0. The van der Waals surface area contributed by atoms with Gasteiger partial charge in [-0.05, 0) is 62.7 Å². The molecule has 4 fully saturated rings. The molecule has 4 bridgehead atoms. The van der Waals surface area contributed by atoms with Gasteiger partial charge in [-0.3, -0.25) is 0 Å². The molecule has 0 radical (unpaired) electrons. The van der Waals surface area contributed by atoms with Crippen molar-refractivity contribution in [1.82, 2.24) is 0 Å². The van der Waals surface area contributed by atoms with E-state index in [1.165, 1.54) is 38.5 Å². The third-order valence-corrected chi connectivity index (χ3v) is 5.66. The molecule has 1 nitrogen and oxygen atoms in total. The molecule has 0 aromatic heterocycles. The fraction of sp³-hybridized carbons (Fsp3) is 0.923. The van der Waals surface area contributed by atoms with Crippen LogP contribution in [0.1, 0.15) is 51.9 Å². The van der Waals surface area contributed by atoms with E-state index < -0.39 is 0 Å². The van der Waals surface area contributed by atoms with E-state index in [0.29, 0.717) is 15.5 Å². The first-order valence-corrected chi connectivity index (χ1v) is 6.96. The zero-order chi connectivity index (χ0) is 10.7. The monoisotopic (exact) mass is 270 g/mol. The molecule has 0 aromatic rings. The molecule has 0 heterocycles. The zero-order valence-corrected chi connectivity index (χ0v) is 11.0. The van der Waals surface area contributed by atoms with Crippen LogP contribution in [0.4, 0.5) is 0 Å². The summed E-state index contributed by atoms with van der Waals surface area (Å²) in [6.45, 7) is 1.76. The molecule has 0 amide bonds. The van der Waals surface area contributed by atoms with Gasteiger partial charge >= 0.3 is 0 Å². The Morgan fingerprint density at radius 1 is 1.27 bits per heavy atom. The van der Waals surface area contributed by atoms with E-state index in [2.05, 4.69) is 15.9 Å². The van der Waals surface area contributed by atoms with Crippen molar-refractivity contribution in [3.05, 3.63) is 0 Å². The predicted molar refractivity (Wildman–Crippen MR) is 64.1 cm³/mol. The number of ketones is 1. The van der Waals surface area contributed by atoms with E-state index in [4.69, 9.17) is 0 Å². The molecule has 0 N–H and O–H groups in total. The largest absolute Gasteiger partial charge is 0.300 e. The van der Waals surface area contributed by atoms with Crippen molar-refractivity contribution < 1.29 is 4.79 Å². The fourth-order valence-electron chi connectivity index (χ4n) is 5.07. The summed E-state index contributed by atoms with van der Waals surface area (Å²) in [5.41, 5.74) is 0.388. The Balaban J connectivity index is 1.89. The van der Waals surface area contributed by atoms with Gasteiger partial charge in [-0.15, -0.1) is 0 Å². The quantitative estimate of drug-likeness (QED) is 0.700. The van der Waals surface area contributed by atoms with Gasteiger partial charge in [0, 0.05) is 10.7 Å². The highest BCUT2D eigenvalue weighted by Gasteiger charge is 2.56. The van der Waals surface area contributed by atoms with Crippen LogP contribution in [0.2, 0.25) is 0 Å². The molecule has 4 aliphatic carbocycles. The van der Waals surface area contributed by atoms with Gasteiger partial charge in [-0.1, -0.05) is 15.9 Å². The fourth-order valence-corrected chi connectivity index (χ4v) is 6.58. The molecule has 4 saturated carbocycles. The molecule has 15 heavy (non-hydrogen) atoms. The molecule has 0 aliphatic heterocycles. The third-order valence-electron chi connectivity index (χ3n) is 4.73. The van der Waals surface area contributed by atoms with Gasteiger partial charge in [0.1, 0.15) is 5.78 Å². The second-order valence-corrected chi connectivity index (χ2v) is 8.17. The normalized spacial score (nSPS) is 52.1. The van der Waals surface area contributed by atoms with Crippen LogP contribution in [0.3, 0.4) is 0 Å². The van der Waals surface area contributed by atoms with Gasteiger partial charge in [0.05, 0.1) is 0 Å². The maximum absolute atomic E-state index is 11.4. The van der Waals surface area contributed by atoms with Gasteiger partial charge in [0.15, 0.2) is 0 Å². The Kier molecular flexibility index (Phi) is 2.12. The van der Waals surface area contributed by atoms with Crippen LogP contribution in [0.5, 0.6) is 0 Å². The Morgan fingerprint density at radius 2 is 1.87 bits per heavy atom. The Labute approximate surface area is 100 Å². The number of carbonyl (C=O) groups is 1. The first-order valence-electron chi connectivity index (χ1n) is 6.17. The third kappa shape index (κ3) is 1.69. The van der Waals surface area contributed by atoms with E-state index in [9.17, 15) is 4.79 Å². The molecule has 2 heteroatoms. The van der Waals surface area contributed by atoms with Gasteiger partial charge in [0.2, 0.25) is 0 Å². The van der Waals surface area contributed by atoms with Crippen molar-refractivity contribution in [1.29, 1.82) is 0 Å². The second-order valence-electron chi connectivity index (χ2n) is 6.49. The highest BCUT2D eigenvalue weighted by atomic mass is 79.9. The molecule has 4 aliphatic rings. The minimum absolute atomic E-state index is 0.388. The molecular formula is C13H19BrO. The Bertz CT molecular complexity index is 296. The predicted octanol–water partition coefficient (Wildman–Crippen LogP) is 3.70. The van der Waals surface area contributed by atoms with E-state index in [0.717, 1.165) is 18.3 Å². The Hall–Kier alpha value is 0.150. The number of carbonyl (C=O) groups excluding carboxylic acids is 1. The molecule has 0 aromatic carbocycles. The van der Waals surface area contributed by atoms with Crippen LogP contribution in [-0.2, 0) is 4.79 Å². The number of Topliss-reactive ketones (excluding diaryl/α,β-unsaturated/α-hetero) is 1. The molecule has 4 atom stereocenters. The van der Waals surface area contributed by atoms with Crippen molar-refractivity contribution in [2.45, 2.75) is 56.2 Å². The number of rotatable bonds is 2. The topological polar surface area (TPSA) is 17.1 Å². The lowest BCUT2D eigenvalue weighted by molar-refractivity contribution is -0.124. The van der Waals surface area contributed by atoms with E-state index in [1.807, 2.05) is 0 Å². The summed E-state index contributed by atoms with van der Waals surface area (Å²) in [6.07, 6.45) is 8.92. The van der Waals surface area contributed by atoms with Gasteiger partial charge < -0.3 is 4.79 Å². The lowest BCUT2D eigenvalue weighted by Gasteiger charge is -2.60. The molecule has 4 rings (SSSR count). The van der Waals surface area contributed by atoms with Crippen molar-refractivity contribution in [2.75, 3.05) is 0 Å². The summed E-state index contributed by atoms with van der Waals surface area (Å²) in [7, 11) is 0. The van der Waals surface area contributed by atoms with Gasteiger partial charge in [-0.25, -0.2) is 0 Å². The summed E-state index contributed by atoms with van der Waals surface area (Å²) < 4.78 is 0.409. The minimum Gasteiger partial charge on any atom is -0.300 e. The average Bonchev–Trinajstić information content (AvgIpc) is 1.94. The maximum atomic E-state index is 11.4. The van der Waals surface area contributed by atoms with E-state index in [1.54, 1.807) is 6.92 Å². The van der Waals surface area contributed by atoms with E-state index in [-0.39, 0.29) is 0 Å². The van der Waals surface area contributed by atoms with Crippen molar-refractivity contribution in [3.63, 3.8) is 0 Å². The number of halogens is 1. The molecule has 84 valence electrons. The smallest absolute Gasteiger partial charge is 0.130 e. The molecule has 0 saturated heterocycles. The van der Waals surface area contributed by atoms with Gasteiger partial charge in [0.25, 0.3) is 0 Å². The summed E-state index contributed by atoms with van der Waals surface area (Å²) in [5.74, 6) is 2.21. The van der Waals surface area contributed by atoms with Crippen molar-refractivity contribution in [2.24, 2.45) is 17.3 Å². The Morgan fingerprint density at radius 3 is 2.33 bits per heavy atom. The van der Waals surface area contributed by atoms with Crippen LogP contribution in [0.25, 0.3) is 0 Å². The number of hydrogen-bond donors (Lipinski definition) is 0. The van der Waals surface area contributed by atoms with Crippen LogP contribution >= 0.6 is 15.9 Å². The highest BCUT2D eigenvalue weighted by molar-refractivity contribution is 9.10. The molecule has 2 unspecified atom stereocenters. The standard InChI is InChI=1S/C13H19BrO/c1-9(15)3-12-4-10-2-11(5-12)7-13(14,6-10)8-12/h10-11H,2-8H2,1H3/t10-,11+,12?,13?. The first-order chi connectivity index (χ1) is 6.99. The second kappa shape index (κ2) is 3.09. The zero-order valence-electron chi connectivity index (χ0n) is 9.39. The molecule has 0 spiro atoms. The maximum Gasteiger partial charge on any atom is 0.130 e. The van der Waals surface area contributed by atoms with Crippen molar-refractivity contribution in [3.8, 4) is 0 Å². The number of alkyl halides is 1. The molecular weight excluding hydrogens is 252 g/mol. The summed E-state index contributed by atoms with van der Waals surface area (Å²) in [6, 6.07) is 0.